The number of halogens is 1. The van der Waals surface area contributed by atoms with Gasteiger partial charge in [0.05, 0.1) is 12.0 Å². The topological polar surface area (TPSA) is 21.1 Å². The van der Waals surface area contributed by atoms with E-state index in [0.717, 1.165) is 17.2 Å². The SMILES string of the molecule is Brc1ncn2c1CC(N1CCCC1)CC2. The van der Waals surface area contributed by atoms with Gasteiger partial charge in [0.15, 0.2) is 0 Å². The van der Waals surface area contributed by atoms with Crippen LogP contribution in [-0.2, 0) is 13.0 Å². The normalized spacial score (nSPS) is 26.9. The summed E-state index contributed by atoms with van der Waals surface area (Å²) in [5.41, 5.74) is 1.39. The summed E-state index contributed by atoms with van der Waals surface area (Å²) in [5.74, 6) is 0. The van der Waals surface area contributed by atoms with E-state index >= 15 is 0 Å². The van der Waals surface area contributed by atoms with Crippen LogP contribution in [0.3, 0.4) is 0 Å². The van der Waals surface area contributed by atoms with Gasteiger partial charge in [-0.2, -0.15) is 0 Å². The summed E-state index contributed by atoms with van der Waals surface area (Å²) in [6.07, 6.45) is 7.18. The van der Waals surface area contributed by atoms with Gasteiger partial charge in [-0.1, -0.05) is 0 Å². The minimum atomic E-state index is 0.757. The molecule has 0 N–H and O–H groups in total. The van der Waals surface area contributed by atoms with Gasteiger partial charge in [0.25, 0.3) is 0 Å². The van der Waals surface area contributed by atoms with Gasteiger partial charge in [0.2, 0.25) is 0 Å². The van der Waals surface area contributed by atoms with Crippen molar-refractivity contribution in [1.82, 2.24) is 14.5 Å². The average Bonchev–Trinajstić information content (AvgIpc) is 2.88. The van der Waals surface area contributed by atoms with Gasteiger partial charge in [-0.05, 0) is 48.3 Å². The predicted octanol–water partition coefficient (Wildman–Crippen LogP) is 2.06. The van der Waals surface area contributed by atoms with Crippen LogP contribution in [-0.4, -0.2) is 33.6 Å². The fraction of sp³-hybridized carbons (Fsp3) is 0.727. The molecule has 2 aliphatic heterocycles. The van der Waals surface area contributed by atoms with Crippen LogP contribution in [0.15, 0.2) is 10.9 Å². The highest BCUT2D eigenvalue weighted by atomic mass is 79.9. The zero-order valence-corrected chi connectivity index (χ0v) is 10.4. The van der Waals surface area contributed by atoms with Crippen molar-refractivity contribution in [2.45, 2.75) is 38.3 Å². The molecule has 0 amide bonds. The van der Waals surface area contributed by atoms with Gasteiger partial charge in [0.1, 0.15) is 4.60 Å². The zero-order valence-electron chi connectivity index (χ0n) is 8.82. The molecule has 4 heteroatoms. The summed E-state index contributed by atoms with van der Waals surface area (Å²) < 4.78 is 3.34. The van der Waals surface area contributed by atoms with E-state index in [-0.39, 0.29) is 0 Å². The number of aryl methyl sites for hydroxylation is 1. The first-order valence-electron chi connectivity index (χ1n) is 5.78. The molecule has 1 atom stereocenters. The second-order valence-electron chi connectivity index (χ2n) is 4.57. The summed E-state index contributed by atoms with van der Waals surface area (Å²) in [4.78, 5) is 6.98. The molecule has 0 bridgehead atoms. The third-order valence-corrected chi connectivity index (χ3v) is 4.35. The monoisotopic (exact) mass is 269 g/mol. The number of nitrogens with zero attached hydrogens (tertiary/aromatic N) is 3. The fourth-order valence-electron chi connectivity index (χ4n) is 2.81. The molecule has 1 aromatic rings. The summed E-state index contributed by atoms with van der Waals surface area (Å²) >= 11 is 3.54. The highest BCUT2D eigenvalue weighted by molar-refractivity contribution is 9.10. The molecule has 1 unspecified atom stereocenters. The Bertz CT molecular complexity index is 355. The lowest BCUT2D eigenvalue weighted by Gasteiger charge is -2.31. The Hall–Kier alpha value is -0.350. The van der Waals surface area contributed by atoms with Crippen molar-refractivity contribution in [2.24, 2.45) is 0 Å². The molecule has 82 valence electrons. The molecule has 0 spiro atoms. The second kappa shape index (κ2) is 3.91. The van der Waals surface area contributed by atoms with Crippen molar-refractivity contribution in [3.63, 3.8) is 0 Å². The first-order chi connectivity index (χ1) is 7.34. The Morgan fingerprint density at radius 3 is 2.87 bits per heavy atom. The number of hydrogen-bond donors (Lipinski definition) is 0. The summed E-state index contributed by atoms with van der Waals surface area (Å²) in [7, 11) is 0. The molecular formula is C11H16BrN3. The largest absolute Gasteiger partial charge is 0.333 e. The van der Waals surface area contributed by atoms with E-state index in [0.29, 0.717) is 0 Å². The van der Waals surface area contributed by atoms with E-state index in [4.69, 9.17) is 0 Å². The summed E-state index contributed by atoms with van der Waals surface area (Å²) in [6, 6.07) is 0.757. The van der Waals surface area contributed by atoms with Crippen LogP contribution in [0, 0.1) is 0 Å². The minimum Gasteiger partial charge on any atom is -0.333 e. The van der Waals surface area contributed by atoms with Gasteiger partial charge in [-0.25, -0.2) is 4.98 Å². The Kier molecular flexibility index (Phi) is 2.56. The molecule has 0 saturated carbocycles. The first kappa shape index (κ1) is 9.85. The van der Waals surface area contributed by atoms with Gasteiger partial charge >= 0.3 is 0 Å². The van der Waals surface area contributed by atoms with Crippen molar-refractivity contribution in [2.75, 3.05) is 13.1 Å². The molecule has 1 aromatic heterocycles. The summed E-state index contributed by atoms with van der Waals surface area (Å²) in [5, 5.41) is 0. The molecule has 0 aliphatic carbocycles. The number of fused-ring (bicyclic) bond motifs is 1. The Morgan fingerprint density at radius 1 is 1.27 bits per heavy atom. The number of hydrogen-bond acceptors (Lipinski definition) is 2. The molecule has 3 nitrogen and oxygen atoms in total. The third kappa shape index (κ3) is 1.74. The molecule has 1 fully saturated rings. The number of rotatable bonds is 1. The summed E-state index contributed by atoms with van der Waals surface area (Å²) in [6.45, 7) is 3.74. The zero-order chi connectivity index (χ0) is 10.3. The van der Waals surface area contributed by atoms with E-state index in [1.165, 1.54) is 44.5 Å². The van der Waals surface area contributed by atoms with E-state index in [1.807, 2.05) is 6.33 Å². The maximum Gasteiger partial charge on any atom is 0.127 e. The van der Waals surface area contributed by atoms with Gasteiger partial charge in [0, 0.05) is 19.0 Å². The smallest absolute Gasteiger partial charge is 0.127 e. The molecule has 3 rings (SSSR count). The van der Waals surface area contributed by atoms with Crippen LogP contribution in [0.2, 0.25) is 0 Å². The molecule has 2 aliphatic rings. The van der Waals surface area contributed by atoms with E-state index < -0.39 is 0 Å². The number of likely N-dealkylation sites (tertiary alicyclic amines) is 1. The van der Waals surface area contributed by atoms with Crippen LogP contribution in [0.1, 0.15) is 25.0 Å². The number of imidazole rings is 1. The second-order valence-corrected chi connectivity index (χ2v) is 5.32. The van der Waals surface area contributed by atoms with Crippen LogP contribution >= 0.6 is 15.9 Å². The maximum absolute atomic E-state index is 4.32. The fourth-order valence-corrected chi connectivity index (χ4v) is 3.29. The van der Waals surface area contributed by atoms with Crippen LogP contribution in [0.25, 0.3) is 0 Å². The Morgan fingerprint density at radius 2 is 2.07 bits per heavy atom. The molecule has 15 heavy (non-hydrogen) atoms. The molecule has 1 saturated heterocycles. The lowest BCUT2D eigenvalue weighted by atomic mass is 10.0. The van der Waals surface area contributed by atoms with Crippen molar-refractivity contribution < 1.29 is 0 Å². The average molecular weight is 270 g/mol. The molecule has 3 heterocycles. The van der Waals surface area contributed by atoms with Gasteiger partial charge in [-0.3, -0.25) is 4.90 Å². The van der Waals surface area contributed by atoms with Crippen molar-refractivity contribution >= 4 is 15.9 Å². The van der Waals surface area contributed by atoms with Crippen molar-refractivity contribution in [1.29, 1.82) is 0 Å². The molecular weight excluding hydrogens is 254 g/mol. The Balaban J connectivity index is 1.78. The van der Waals surface area contributed by atoms with E-state index in [2.05, 4.69) is 30.4 Å². The quantitative estimate of drug-likeness (QED) is 0.778. The predicted molar refractivity (Wildman–Crippen MR) is 62.8 cm³/mol. The molecule has 0 radical (unpaired) electrons. The van der Waals surface area contributed by atoms with Crippen LogP contribution in [0.5, 0.6) is 0 Å². The minimum absolute atomic E-state index is 0.757. The van der Waals surface area contributed by atoms with Crippen molar-refractivity contribution in [3.05, 3.63) is 16.6 Å². The van der Waals surface area contributed by atoms with E-state index in [9.17, 15) is 0 Å². The van der Waals surface area contributed by atoms with Crippen molar-refractivity contribution in [3.8, 4) is 0 Å². The van der Waals surface area contributed by atoms with Crippen LogP contribution in [0.4, 0.5) is 0 Å². The number of aromatic nitrogens is 2. The highest BCUT2D eigenvalue weighted by Gasteiger charge is 2.27. The maximum atomic E-state index is 4.32. The van der Waals surface area contributed by atoms with Crippen LogP contribution < -0.4 is 0 Å². The third-order valence-electron chi connectivity index (χ3n) is 3.68. The van der Waals surface area contributed by atoms with Gasteiger partial charge < -0.3 is 4.57 Å². The lowest BCUT2D eigenvalue weighted by Crippen LogP contribution is -2.38. The molecule has 0 aromatic carbocycles. The standard InChI is InChI=1S/C11H16BrN3/c12-11-10-7-9(14-4-1-2-5-14)3-6-15(10)8-13-11/h8-9H,1-7H2. The Labute approximate surface area is 98.6 Å². The first-order valence-corrected chi connectivity index (χ1v) is 6.57. The van der Waals surface area contributed by atoms with E-state index in [1.54, 1.807) is 0 Å². The highest BCUT2D eigenvalue weighted by Crippen LogP contribution is 2.26. The van der Waals surface area contributed by atoms with Gasteiger partial charge in [-0.15, -0.1) is 0 Å². The lowest BCUT2D eigenvalue weighted by molar-refractivity contribution is 0.205.